The third kappa shape index (κ3) is 2.63. The molecule has 0 radical (unpaired) electrons. The van der Waals surface area contributed by atoms with Gasteiger partial charge in [-0.3, -0.25) is 9.59 Å². The van der Waals surface area contributed by atoms with Gasteiger partial charge in [-0.15, -0.1) is 11.8 Å². The van der Waals surface area contributed by atoms with E-state index in [9.17, 15) is 9.59 Å². The number of rotatable bonds is 2. The first kappa shape index (κ1) is 12.5. The first-order valence-corrected chi connectivity index (χ1v) is 6.26. The Kier molecular flexibility index (Phi) is 3.53. The third-order valence-electron chi connectivity index (χ3n) is 2.43. The molecule has 0 saturated heterocycles. The summed E-state index contributed by atoms with van der Waals surface area (Å²) in [5.74, 6) is -0.409. The van der Waals surface area contributed by atoms with Crippen molar-refractivity contribution in [3.05, 3.63) is 18.2 Å². The molecule has 1 aromatic carbocycles. The van der Waals surface area contributed by atoms with Crippen molar-refractivity contribution in [2.75, 3.05) is 10.6 Å². The molecule has 2 N–H and O–H groups in total. The molecule has 2 amide bonds. The number of benzene rings is 1. The van der Waals surface area contributed by atoms with E-state index in [0.717, 1.165) is 4.90 Å². The number of carbonyl (C=O) groups excluding carboxylic acids is 2. The van der Waals surface area contributed by atoms with E-state index in [1.165, 1.54) is 11.8 Å². The van der Waals surface area contributed by atoms with Gasteiger partial charge in [0.1, 0.15) is 6.42 Å². The highest BCUT2D eigenvalue weighted by Gasteiger charge is 2.23. The van der Waals surface area contributed by atoms with Gasteiger partial charge < -0.3 is 10.6 Å². The van der Waals surface area contributed by atoms with Crippen molar-refractivity contribution in [3.63, 3.8) is 0 Å². The van der Waals surface area contributed by atoms with Gasteiger partial charge in [0.05, 0.1) is 17.0 Å². The molecule has 1 atom stereocenters. The van der Waals surface area contributed by atoms with Crippen molar-refractivity contribution < 1.29 is 9.59 Å². The number of anilines is 2. The lowest BCUT2D eigenvalue weighted by atomic mass is 10.2. The lowest BCUT2D eigenvalue weighted by Crippen LogP contribution is -2.26. The van der Waals surface area contributed by atoms with Crippen LogP contribution in [0, 0.1) is 11.3 Å². The molecule has 92 valence electrons. The van der Waals surface area contributed by atoms with Crippen LogP contribution in [0.3, 0.4) is 0 Å². The molecule has 1 aromatic rings. The van der Waals surface area contributed by atoms with Crippen LogP contribution in [0.1, 0.15) is 13.3 Å². The van der Waals surface area contributed by atoms with Crippen molar-refractivity contribution in [2.24, 2.45) is 0 Å². The Morgan fingerprint density at radius 1 is 1.61 bits per heavy atom. The van der Waals surface area contributed by atoms with E-state index in [0.29, 0.717) is 11.4 Å². The number of carbonyl (C=O) groups is 2. The number of thioether (sulfide) groups is 1. The Balaban J connectivity index is 2.18. The topological polar surface area (TPSA) is 82.0 Å². The van der Waals surface area contributed by atoms with Crippen molar-refractivity contribution in [2.45, 2.75) is 23.5 Å². The van der Waals surface area contributed by atoms with E-state index in [2.05, 4.69) is 10.6 Å². The predicted molar refractivity (Wildman–Crippen MR) is 69.3 cm³/mol. The number of nitriles is 1. The summed E-state index contributed by atoms with van der Waals surface area (Å²) >= 11 is 1.48. The summed E-state index contributed by atoms with van der Waals surface area (Å²) in [6, 6.07) is 7.07. The zero-order valence-corrected chi connectivity index (χ0v) is 10.5. The summed E-state index contributed by atoms with van der Waals surface area (Å²) in [5.41, 5.74) is 1.27. The Labute approximate surface area is 109 Å². The van der Waals surface area contributed by atoms with Gasteiger partial charge in [0.25, 0.3) is 0 Å². The summed E-state index contributed by atoms with van der Waals surface area (Å²) in [6.45, 7) is 1.84. The van der Waals surface area contributed by atoms with Crippen LogP contribution in [-0.2, 0) is 9.59 Å². The maximum atomic E-state index is 11.5. The molecular formula is C12H11N3O2S. The fourth-order valence-electron chi connectivity index (χ4n) is 1.56. The zero-order valence-electron chi connectivity index (χ0n) is 9.69. The molecule has 1 aliphatic heterocycles. The SMILES string of the molecule is CC1Sc2ccc(NC(=O)CC#N)cc2NC1=O. The summed E-state index contributed by atoms with van der Waals surface area (Å²) < 4.78 is 0. The second-order valence-electron chi connectivity index (χ2n) is 3.84. The van der Waals surface area contributed by atoms with Gasteiger partial charge in [0.15, 0.2) is 0 Å². The molecule has 0 saturated carbocycles. The van der Waals surface area contributed by atoms with Crippen molar-refractivity contribution >= 4 is 35.0 Å². The van der Waals surface area contributed by atoms with Crippen LogP contribution in [0.25, 0.3) is 0 Å². The number of hydrogen-bond acceptors (Lipinski definition) is 4. The Hall–Kier alpha value is -2.00. The van der Waals surface area contributed by atoms with Gasteiger partial charge in [0, 0.05) is 10.6 Å². The molecule has 1 aliphatic rings. The molecule has 2 rings (SSSR count). The number of fused-ring (bicyclic) bond motifs is 1. The molecular weight excluding hydrogens is 250 g/mol. The van der Waals surface area contributed by atoms with E-state index in [-0.39, 0.29) is 23.5 Å². The fraction of sp³-hybridized carbons (Fsp3) is 0.250. The minimum Gasteiger partial charge on any atom is -0.325 e. The average molecular weight is 261 g/mol. The third-order valence-corrected chi connectivity index (χ3v) is 3.61. The molecule has 0 spiro atoms. The van der Waals surface area contributed by atoms with E-state index >= 15 is 0 Å². The molecule has 0 aliphatic carbocycles. The van der Waals surface area contributed by atoms with Crippen molar-refractivity contribution in [1.82, 2.24) is 0 Å². The van der Waals surface area contributed by atoms with Gasteiger partial charge in [0.2, 0.25) is 11.8 Å². The lowest BCUT2D eigenvalue weighted by molar-refractivity contribution is -0.116. The van der Waals surface area contributed by atoms with E-state index in [1.54, 1.807) is 18.2 Å². The highest BCUT2D eigenvalue weighted by atomic mass is 32.2. The quantitative estimate of drug-likeness (QED) is 0.852. The van der Waals surface area contributed by atoms with Crippen LogP contribution in [-0.4, -0.2) is 17.1 Å². The Morgan fingerprint density at radius 3 is 3.11 bits per heavy atom. The van der Waals surface area contributed by atoms with Crippen LogP contribution in [0.4, 0.5) is 11.4 Å². The monoisotopic (exact) mass is 261 g/mol. The highest BCUT2D eigenvalue weighted by Crippen LogP contribution is 2.36. The second-order valence-corrected chi connectivity index (χ2v) is 5.23. The van der Waals surface area contributed by atoms with E-state index in [1.807, 2.05) is 13.0 Å². The smallest absolute Gasteiger partial charge is 0.238 e. The summed E-state index contributed by atoms with van der Waals surface area (Å²) in [4.78, 5) is 23.8. The van der Waals surface area contributed by atoms with Gasteiger partial charge in [-0.05, 0) is 25.1 Å². The molecule has 18 heavy (non-hydrogen) atoms. The largest absolute Gasteiger partial charge is 0.325 e. The van der Waals surface area contributed by atoms with Crippen LogP contribution in [0.5, 0.6) is 0 Å². The number of nitrogens with zero attached hydrogens (tertiary/aromatic N) is 1. The minimum absolute atomic E-state index is 0.0481. The zero-order chi connectivity index (χ0) is 13.1. The van der Waals surface area contributed by atoms with Gasteiger partial charge in [-0.25, -0.2) is 0 Å². The highest BCUT2D eigenvalue weighted by molar-refractivity contribution is 8.00. The molecule has 0 fully saturated rings. The number of nitrogens with one attached hydrogen (secondary N) is 2. The number of amides is 2. The second kappa shape index (κ2) is 5.10. The van der Waals surface area contributed by atoms with Gasteiger partial charge in [-0.2, -0.15) is 5.26 Å². The fourth-order valence-corrected chi connectivity index (χ4v) is 2.49. The minimum atomic E-state index is -0.361. The summed E-state index contributed by atoms with van der Waals surface area (Å²) in [7, 11) is 0. The first-order valence-electron chi connectivity index (χ1n) is 5.38. The summed E-state index contributed by atoms with van der Waals surface area (Å²) in [5, 5.41) is 13.7. The molecule has 5 nitrogen and oxygen atoms in total. The van der Waals surface area contributed by atoms with Gasteiger partial charge in [-0.1, -0.05) is 0 Å². The van der Waals surface area contributed by atoms with E-state index in [4.69, 9.17) is 5.26 Å². The molecule has 0 bridgehead atoms. The number of hydrogen-bond donors (Lipinski definition) is 2. The van der Waals surface area contributed by atoms with Crippen molar-refractivity contribution in [1.29, 1.82) is 5.26 Å². The normalized spacial score (nSPS) is 17.3. The maximum absolute atomic E-state index is 11.5. The van der Waals surface area contributed by atoms with Crippen LogP contribution >= 0.6 is 11.8 Å². The Morgan fingerprint density at radius 2 is 2.39 bits per heavy atom. The Bertz CT molecular complexity index is 551. The predicted octanol–water partition coefficient (Wildman–Crippen LogP) is 1.97. The van der Waals surface area contributed by atoms with Gasteiger partial charge >= 0.3 is 0 Å². The maximum Gasteiger partial charge on any atom is 0.238 e. The van der Waals surface area contributed by atoms with E-state index < -0.39 is 0 Å². The molecule has 1 unspecified atom stereocenters. The van der Waals surface area contributed by atoms with Crippen LogP contribution < -0.4 is 10.6 Å². The first-order chi connectivity index (χ1) is 8.60. The average Bonchev–Trinajstić information content (AvgIpc) is 2.31. The standard InChI is InChI=1S/C12H11N3O2S/c1-7-12(17)15-9-6-8(2-3-10(9)18-7)14-11(16)4-5-13/h2-3,6-7H,4H2,1H3,(H,14,16)(H,15,17). The molecule has 0 aromatic heterocycles. The van der Waals surface area contributed by atoms with Crippen LogP contribution in [0.15, 0.2) is 23.1 Å². The van der Waals surface area contributed by atoms with Crippen molar-refractivity contribution in [3.8, 4) is 6.07 Å². The lowest BCUT2D eigenvalue weighted by Gasteiger charge is -2.21. The molecule has 6 heteroatoms. The summed E-state index contributed by atoms with van der Waals surface area (Å²) in [6.07, 6.45) is -0.185. The van der Waals surface area contributed by atoms with Crippen LogP contribution in [0.2, 0.25) is 0 Å². The molecule has 1 heterocycles.